The first-order chi connectivity index (χ1) is 11.7. The average Bonchev–Trinajstić information content (AvgIpc) is 2.57. The molecule has 0 aliphatic carbocycles. The fraction of sp³-hybridized carbons (Fsp3) is 0.550. The van der Waals surface area contributed by atoms with Crippen molar-refractivity contribution < 1.29 is 20.0 Å². The quantitative estimate of drug-likeness (QED) is 0.104. The van der Waals surface area contributed by atoms with Gasteiger partial charge in [-0.1, -0.05) is 74.8 Å². The van der Waals surface area contributed by atoms with E-state index < -0.39 is 5.97 Å². The van der Waals surface area contributed by atoms with Gasteiger partial charge in [-0.05, 0) is 32.1 Å². The van der Waals surface area contributed by atoms with Crippen LogP contribution in [0.5, 0.6) is 0 Å². The van der Waals surface area contributed by atoms with Gasteiger partial charge >= 0.3 is 5.97 Å². The van der Waals surface area contributed by atoms with Crippen LogP contribution in [0.3, 0.4) is 0 Å². The molecule has 1 radical (unpaired) electrons. The average molecular weight is 359 g/mol. The van der Waals surface area contributed by atoms with Crippen molar-refractivity contribution >= 4 is 35.5 Å². The van der Waals surface area contributed by atoms with Gasteiger partial charge in [-0.2, -0.15) is 0 Å². The molecule has 0 aromatic carbocycles. The summed E-state index contributed by atoms with van der Waals surface area (Å²) < 4.78 is 0. The van der Waals surface area contributed by atoms with Crippen LogP contribution in [0.15, 0.2) is 48.6 Å². The molecular weight excluding hydrogens is 327 g/mol. The van der Waals surface area contributed by atoms with E-state index in [1.165, 1.54) is 0 Å². The topological polar surface area (TPSA) is 66.8 Å². The zero-order valence-corrected chi connectivity index (χ0v) is 17.8. The van der Waals surface area contributed by atoms with Crippen LogP contribution in [0.25, 0.3) is 0 Å². The molecule has 0 rings (SSSR count). The van der Waals surface area contributed by atoms with Crippen LogP contribution < -0.4 is 0 Å². The Balaban J connectivity index is 0. The first kappa shape index (κ1) is 26.6. The van der Waals surface area contributed by atoms with Gasteiger partial charge < -0.3 is 5.11 Å². The number of carboxylic acid groups (broad SMARTS) is 1. The molecule has 0 fully saturated rings. The van der Waals surface area contributed by atoms with Crippen LogP contribution in [0.1, 0.15) is 64.7 Å². The molecule has 2 N–H and O–H groups in total. The normalized spacial score (nSPS) is 13.2. The van der Waals surface area contributed by atoms with Crippen LogP contribution in [0.4, 0.5) is 0 Å². The van der Waals surface area contributed by atoms with Crippen molar-refractivity contribution in [2.24, 2.45) is 0 Å². The Hall–Kier alpha value is -0.650. The second-order valence-electron chi connectivity index (χ2n) is 5.65. The van der Waals surface area contributed by atoms with Gasteiger partial charge in [0.05, 0.1) is 0 Å². The predicted octanol–water partition coefficient (Wildman–Crippen LogP) is 5.30. The summed E-state index contributed by atoms with van der Waals surface area (Å²) in [6, 6.07) is 0. The second-order valence-corrected chi connectivity index (χ2v) is 5.65. The number of carbonyl (C=O) groups is 1. The Bertz CT molecular complexity index is 414. The van der Waals surface area contributed by atoms with Gasteiger partial charge in [0.2, 0.25) is 0 Å². The molecule has 1 unspecified atom stereocenters. The summed E-state index contributed by atoms with van der Waals surface area (Å²) in [6.45, 7) is 2.15. The van der Waals surface area contributed by atoms with Crippen LogP contribution >= 0.6 is 0 Å². The third-order valence-corrected chi connectivity index (χ3v) is 3.44. The van der Waals surface area contributed by atoms with E-state index in [1.807, 2.05) is 30.4 Å². The zero-order valence-electron chi connectivity index (χ0n) is 15.8. The minimum absolute atomic E-state index is 0. The van der Waals surface area contributed by atoms with E-state index in [-0.39, 0.29) is 42.1 Å². The third-order valence-electron chi connectivity index (χ3n) is 3.44. The summed E-state index contributed by atoms with van der Waals surface area (Å²) in [7, 11) is 0. The third kappa shape index (κ3) is 21.3. The van der Waals surface area contributed by atoms with Gasteiger partial charge in [0.15, 0.2) is 0 Å². The van der Waals surface area contributed by atoms with E-state index in [4.69, 9.17) is 10.4 Å². The Morgan fingerprint density at radius 2 is 1.68 bits per heavy atom. The summed E-state index contributed by atoms with van der Waals surface area (Å²) in [4.78, 5) is 14.8. The molecule has 0 heterocycles. The maximum absolute atomic E-state index is 10.3. The Kier molecular flexibility index (Phi) is 22.7. The van der Waals surface area contributed by atoms with Crippen molar-refractivity contribution in [3.8, 4) is 0 Å². The van der Waals surface area contributed by atoms with E-state index in [2.05, 4.69) is 30.0 Å². The summed E-state index contributed by atoms with van der Waals surface area (Å²) in [5.74, 6) is -0.734. The number of allylic oxidation sites excluding steroid dienone is 7. The molecule has 0 amide bonds. The molecule has 4 nitrogen and oxygen atoms in total. The SMILES string of the molecule is CCCCCC(C=CC=CCC=CCC=CCCCC(=O)O)OO.[Na]. The fourth-order valence-electron chi connectivity index (χ4n) is 2.06. The number of hydrogen-bond donors (Lipinski definition) is 2. The van der Waals surface area contributed by atoms with Gasteiger partial charge in [0.1, 0.15) is 6.10 Å². The molecule has 0 aromatic heterocycles. The van der Waals surface area contributed by atoms with Gasteiger partial charge in [-0.25, -0.2) is 4.89 Å². The number of rotatable bonds is 15. The molecule has 0 saturated heterocycles. The molecule has 0 aliphatic heterocycles. The Labute approximate surface area is 174 Å². The first-order valence-electron chi connectivity index (χ1n) is 8.86. The zero-order chi connectivity index (χ0) is 17.9. The van der Waals surface area contributed by atoms with Crippen molar-refractivity contribution in [1.29, 1.82) is 0 Å². The number of carboxylic acids is 1. The number of unbranched alkanes of at least 4 members (excludes halogenated alkanes) is 3. The summed E-state index contributed by atoms with van der Waals surface area (Å²) >= 11 is 0. The van der Waals surface area contributed by atoms with E-state index in [1.54, 1.807) is 0 Å². The van der Waals surface area contributed by atoms with Crippen LogP contribution in [0.2, 0.25) is 0 Å². The summed E-state index contributed by atoms with van der Waals surface area (Å²) in [5, 5.41) is 17.3. The fourth-order valence-corrected chi connectivity index (χ4v) is 2.06. The van der Waals surface area contributed by atoms with E-state index >= 15 is 0 Å². The smallest absolute Gasteiger partial charge is 0.303 e. The summed E-state index contributed by atoms with van der Waals surface area (Å²) in [6.07, 6.45) is 23.5. The predicted molar refractivity (Wildman–Crippen MR) is 105 cm³/mol. The molecule has 5 heteroatoms. The Morgan fingerprint density at radius 1 is 1.00 bits per heavy atom. The minimum atomic E-state index is -0.734. The van der Waals surface area contributed by atoms with Gasteiger partial charge in [0.25, 0.3) is 0 Å². The molecule has 0 saturated carbocycles. The van der Waals surface area contributed by atoms with E-state index in [0.29, 0.717) is 6.42 Å². The minimum Gasteiger partial charge on any atom is -0.481 e. The standard InChI is InChI=1S/C20H32O4.Na/c1-2-3-13-16-19(24-23)17-14-11-9-7-5-4-6-8-10-12-15-18-20(21)22;/h4-5,8-11,14,17,19,23H,2-3,6-7,12-13,15-16,18H2,1H3,(H,21,22);. The van der Waals surface area contributed by atoms with E-state index in [9.17, 15) is 4.79 Å². The number of aliphatic carboxylic acids is 1. The van der Waals surface area contributed by atoms with Crippen molar-refractivity contribution in [3.63, 3.8) is 0 Å². The molecule has 0 bridgehead atoms. The molecule has 0 aliphatic rings. The van der Waals surface area contributed by atoms with Gasteiger partial charge in [-0.15, -0.1) is 0 Å². The van der Waals surface area contributed by atoms with Gasteiger partial charge in [-0.3, -0.25) is 10.1 Å². The largest absolute Gasteiger partial charge is 0.481 e. The summed E-state index contributed by atoms with van der Waals surface area (Å²) in [5.41, 5.74) is 0. The second kappa shape index (κ2) is 21.4. The molecule has 1 atom stereocenters. The van der Waals surface area contributed by atoms with Crippen molar-refractivity contribution in [3.05, 3.63) is 48.6 Å². The maximum atomic E-state index is 10.3. The van der Waals surface area contributed by atoms with E-state index in [0.717, 1.165) is 44.9 Å². The van der Waals surface area contributed by atoms with Gasteiger partial charge in [0, 0.05) is 36.0 Å². The Morgan fingerprint density at radius 3 is 2.32 bits per heavy atom. The molecule has 0 spiro atoms. The molecule has 137 valence electrons. The molecule has 25 heavy (non-hydrogen) atoms. The van der Waals surface area contributed by atoms with Crippen LogP contribution in [-0.2, 0) is 9.68 Å². The van der Waals surface area contributed by atoms with Crippen LogP contribution in [-0.4, -0.2) is 52.0 Å². The first-order valence-corrected chi connectivity index (χ1v) is 8.86. The number of hydrogen-bond acceptors (Lipinski definition) is 3. The van der Waals surface area contributed by atoms with Crippen LogP contribution in [0, 0.1) is 0 Å². The maximum Gasteiger partial charge on any atom is 0.303 e. The van der Waals surface area contributed by atoms with Crippen molar-refractivity contribution in [1.82, 2.24) is 0 Å². The molecule has 0 aromatic rings. The monoisotopic (exact) mass is 359 g/mol. The van der Waals surface area contributed by atoms with Crippen molar-refractivity contribution in [2.75, 3.05) is 0 Å². The molecular formula is C20H32NaO4. The van der Waals surface area contributed by atoms with Crippen molar-refractivity contribution in [2.45, 2.75) is 70.8 Å².